The average molecular weight is 399 g/mol. The summed E-state index contributed by atoms with van der Waals surface area (Å²) in [5.41, 5.74) is 1.73. The maximum atomic E-state index is 12.1. The minimum Gasteiger partial charge on any atom is -0.388 e. The van der Waals surface area contributed by atoms with Gasteiger partial charge in [0.25, 0.3) is 5.91 Å². The number of aromatic nitrogens is 1. The number of rotatable bonds is 5. The summed E-state index contributed by atoms with van der Waals surface area (Å²) in [6.45, 7) is 0. The smallest absolute Gasteiger partial charge is 0.345 e. The van der Waals surface area contributed by atoms with Crippen LogP contribution in [0.15, 0.2) is 71.0 Å². The number of carbonyl (C=O) groups excluding carboxylic acids is 1. The average Bonchev–Trinajstić information content (AvgIpc) is 3.18. The number of hydrogen-bond acceptors (Lipinski definition) is 8. The topological polar surface area (TPSA) is 119 Å². The molecule has 0 saturated carbocycles. The molecule has 3 rings (SSSR count). The Morgan fingerprint density at radius 2 is 1.75 bits per heavy atom. The second-order valence-corrected chi connectivity index (χ2v) is 6.20. The van der Waals surface area contributed by atoms with Crippen LogP contribution in [0.2, 0.25) is 0 Å². The fraction of sp³-hybridized carbons (Fsp3) is 0.111. The predicted molar refractivity (Wildman–Crippen MR) is 107 cm³/mol. The van der Waals surface area contributed by atoms with Crippen molar-refractivity contribution in [2.24, 2.45) is 10.2 Å². The van der Waals surface area contributed by atoms with E-state index < -0.39 is 4.92 Å². The fourth-order valence-electron chi connectivity index (χ4n) is 1.89. The summed E-state index contributed by atoms with van der Waals surface area (Å²) in [6.07, 6.45) is 1.14. The third-order valence-corrected chi connectivity index (χ3v) is 3.91. The van der Waals surface area contributed by atoms with E-state index >= 15 is 0 Å². The molecule has 0 bridgehead atoms. The van der Waals surface area contributed by atoms with Gasteiger partial charge in [-0.05, 0) is 47.7 Å². The van der Waals surface area contributed by atoms with E-state index in [2.05, 4.69) is 25.3 Å². The molecule has 1 heterocycles. The lowest BCUT2D eigenvalue weighted by atomic mass is 10.2. The summed E-state index contributed by atoms with van der Waals surface area (Å²) in [4.78, 5) is 25.9. The molecule has 28 heavy (non-hydrogen) atoms. The number of nitrogens with zero attached hydrogens (tertiary/aromatic N) is 4. The standard InChI is InChI=1S/C16H11N5O3S.C2H6O/c22-15(11-4-2-1-3-5-11)18-12-6-8-13(9-7-12)19-20-16-17-10-14(25-16)21(23)24;1-3-2/h1-10H,(H,18,22);1-2H3. The largest absolute Gasteiger partial charge is 0.388 e. The summed E-state index contributed by atoms with van der Waals surface area (Å²) < 4.78 is 4.25. The highest BCUT2D eigenvalue weighted by Gasteiger charge is 2.10. The first-order chi connectivity index (χ1) is 13.5. The molecule has 9 nitrogen and oxygen atoms in total. The highest BCUT2D eigenvalue weighted by atomic mass is 32.1. The molecule has 0 fully saturated rings. The lowest BCUT2D eigenvalue weighted by Gasteiger charge is -2.05. The van der Waals surface area contributed by atoms with E-state index in [0.717, 1.165) is 17.5 Å². The first-order valence-corrected chi connectivity index (χ1v) is 8.73. The van der Waals surface area contributed by atoms with Crippen molar-refractivity contribution < 1.29 is 14.5 Å². The van der Waals surface area contributed by atoms with Crippen molar-refractivity contribution in [3.63, 3.8) is 0 Å². The number of amides is 1. The van der Waals surface area contributed by atoms with Gasteiger partial charge in [-0.25, -0.2) is 4.98 Å². The number of benzene rings is 2. The number of thiazole rings is 1. The van der Waals surface area contributed by atoms with Gasteiger partial charge in [-0.3, -0.25) is 14.9 Å². The number of carbonyl (C=O) groups is 1. The van der Waals surface area contributed by atoms with E-state index in [9.17, 15) is 14.9 Å². The highest BCUT2D eigenvalue weighted by Crippen LogP contribution is 2.29. The number of hydrogen-bond donors (Lipinski definition) is 1. The van der Waals surface area contributed by atoms with Crippen molar-refractivity contribution in [2.45, 2.75) is 0 Å². The number of anilines is 1. The lowest BCUT2D eigenvalue weighted by Crippen LogP contribution is -2.11. The van der Waals surface area contributed by atoms with Gasteiger partial charge in [0.15, 0.2) is 0 Å². The molecule has 0 unspecified atom stereocenters. The number of nitro groups is 1. The lowest BCUT2D eigenvalue weighted by molar-refractivity contribution is -0.380. The van der Waals surface area contributed by atoms with Crippen molar-refractivity contribution in [1.29, 1.82) is 0 Å². The van der Waals surface area contributed by atoms with Gasteiger partial charge in [0, 0.05) is 25.5 Å². The van der Waals surface area contributed by atoms with Crippen LogP contribution < -0.4 is 5.32 Å². The van der Waals surface area contributed by atoms with Gasteiger partial charge in [0.05, 0.1) is 10.6 Å². The minimum absolute atomic E-state index is 0.0899. The third-order valence-electron chi connectivity index (χ3n) is 3.07. The van der Waals surface area contributed by atoms with Gasteiger partial charge in [-0.15, -0.1) is 10.2 Å². The van der Waals surface area contributed by atoms with E-state index in [1.807, 2.05) is 6.07 Å². The Balaban J connectivity index is 0.000000878. The van der Waals surface area contributed by atoms with Gasteiger partial charge in [-0.2, -0.15) is 0 Å². The molecule has 2 aromatic carbocycles. The fourth-order valence-corrected chi connectivity index (χ4v) is 2.45. The zero-order valence-electron chi connectivity index (χ0n) is 15.1. The van der Waals surface area contributed by atoms with Crippen LogP contribution in [0.3, 0.4) is 0 Å². The van der Waals surface area contributed by atoms with Crippen molar-refractivity contribution in [1.82, 2.24) is 4.98 Å². The third kappa shape index (κ3) is 6.34. The molecule has 0 spiro atoms. The van der Waals surface area contributed by atoms with Gasteiger partial charge in [-0.1, -0.05) is 18.2 Å². The number of methoxy groups -OCH3 is 1. The van der Waals surface area contributed by atoms with Gasteiger partial charge in [0.1, 0.15) is 6.20 Å². The maximum Gasteiger partial charge on any atom is 0.345 e. The van der Waals surface area contributed by atoms with Crippen molar-refractivity contribution in [3.05, 3.63) is 76.5 Å². The molecular formula is C18H17N5O4S. The normalized spacial score (nSPS) is 10.2. The molecule has 0 radical (unpaired) electrons. The van der Waals surface area contributed by atoms with Crippen LogP contribution in [0, 0.1) is 10.1 Å². The SMILES string of the molecule is COC.O=C(Nc1ccc(N=Nc2ncc([N+](=O)[O-])s2)cc1)c1ccccc1. The number of ether oxygens (including phenoxy) is 1. The Bertz CT molecular complexity index is 942. The van der Waals surface area contributed by atoms with Crippen molar-refractivity contribution in [2.75, 3.05) is 19.5 Å². The van der Waals surface area contributed by atoms with Crippen LogP contribution in [-0.2, 0) is 4.74 Å². The molecule has 0 aliphatic carbocycles. The van der Waals surface area contributed by atoms with Crippen LogP contribution >= 0.6 is 11.3 Å². The minimum atomic E-state index is -0.527. The van der Waals surface area contributed by atoms with Crippen LogP contribution in [0.25, 0.3) is 0 Å². The quantitative estimate of drug-likeness (QED) is 0.368. The molecule has 10 heteroatoms. The van der Waals surface area contributed by atoms with E-state index in [1.54, 1.807) is 62.8 Å². The molecule has 0 aliphatic rings. The van der Waals surface area contributed by atoms with Gasteiger partial charge < -0.3 is 10.1 Å². The van der Waals surface area contributed by atoms with Gasteiger partial charge >= 0.3 is 5.00 Å². The van der Waals surface area contributed by atoms with E-state index in [-0.39, 0.29) is 16.0 Å². The zero-order valence-corrected chi connectivity index (χ0v) is 15.9. The number of azo groups is 1. The summed E-state index contributed by atoms with van der Waals surface area (Å²) in [5, 5.41) is 21.3. The highest BCUT2D eigenvalue weighted by molar-refractivity contribution is 7.18. The van der Waals surface area contributed by atoms with Crippen LogP contribution in [0.4, 0.5) is 21.5 Å². The van der Waals surface area contributed by atoms with Crippen LogP contribution in [-0.4, -0.2) is 30.0 Å². The zero-order chi connectivity index (χ0) is 20.4. The summed E-state index contributed by atoms with van der Waals surface area (Å²) in [5.74, 6) is -0.204. The monoisotopic (exact) mass is 399 g/mol. The predicted octanol–water partition coefficient (Wildman–Crippen LogP) is 4.98. The Morgan fingerprint density at radius 3 is 2.32 bits per heavy atom. The Hall–Kier alpha value is -3.50. The Labute approximate surface area is 164 Å². The molecule has 1 N–H and O–H groups in total. The molecule has 1 amide bonds. The summed E-state index contributed by atoms with van der Waals surface area (Å²) in [7, 11) is 3.25. The molecule has 0 aliphatic heterocycles. The number of nitrogens with one attached hydrogen (secondary N) is 1. The summed E-state index contributed by atoms with van der Waals surface area (Å²) in [6, 6.07) is 15.6. The van der Waals surface area contributed by atoms with E-state index in [1.165, 1.54) is 0 Å². The first-order valence-electron chi connectivity index (χ1n) is 7.92. The van der Waals surface area contributed by atoms with Crippen LogP contribution in [0.5, 0.6) is 0 Å². The molecule has 144 valence electrons. The Morgan fingerprint density at radius 1 is 1.11 bits per heavy atom. The molecule has 3 aromatic rings. The molecule has 0 saturated heterocycles. The molecule has 1 aromatic heterocycles. The van der Waals surface area contributed by atoms with E-state index in [4.69, 9.17) is 0 Å². The van der Waals surface area contributed by atoms with Crippen molar-refractivity contribution >= 4 is 38.8 Å². The van der Waals surface area contributed by atoms with Crippen LogP contribution in [0.1, 0.15) is 10.4 Å². The second-order valence-electron chi connectivity index (χ2n) is 5.21. The Kier molecular flexibility index (Phi) is 7.88. The first kappa shape index (κ1) is 20.8. The maximum absolute atomic E-state index is 12.1. The molecule has 0 atom stereocenters. The van der Waals surface area contributed by atoms with Gasteiger partial charge in [0.2, 0.25) is 5.13 Å². The van der Waals surface area contributed by atoms with Crippen molar-refractivity contribution in [3.8, 4) is 0 Å². The second kappa shape index (κ2) is 10.6. The molecular weight excluding hydrogens is 382 g/mol. The van der Waals surface area contributed by atoms with E-state index in [0.29, 0.717) is 16.9 Å². The summed E-state index contributed by atoms with van der Waals surface area (Å²) >= 11 is 0.842.